The molecule has 5 nitrogen and oxygen atoms in total. The van der Waals surface area contributed by atoms with Gasteiger partial charge in [0.1, 0.15) is 11.3 Å². The molecule has 1 N–H and O–H groups in total. The van der Waals surface area contributed by atoms with Crippen molar-refractivity contribution in [2.24, 2.45) is 0 Å². The van der Waals surface area contributed by atoms with Crippen LogP contribution in [0.4, 0.5) is 8.78 Å². The first kappa shape index (κ1) is 11.2. The Balaban J connectivity index is 2.51. The molecule has 17 heavy (non-hydrogen) atoms. The normalized spacial score (nSPS) is 10.8. The molecule has 2 aromatic rings. The highest BCUT2D eigenvalue weighted by Crippen LogP contribution is 2.22. The van der Waals surface area contributed by atoms with Crippen LogP contribution in [0.25, 0.3) is 5.69 Å². The molecule has 0 saturated carbocycles. The second-order valence-corrected chi connectivity index (χ2v) is 3.19. The van der Waals surface area contributed by atoms with E-state index in [-0.39, 0.29) is 0 Å². The summed E-state index contributed by atoms with van der Waals surface area (Å²) in [7, 11) is 0. The van der Waals surface area contributed by atoms with Crippen LogP contribution in [0.5, 0.6) is 0 Å². The number of halogens is 2. The molecule has 0 aliphatic heterocycles. The molecule has 0 aliphatic rings. The molecule has 0 aromatic carbocycles. The van der Waals surface area contributed by atoms with E-state index in [1.165, 1.54) is 12.4 Å². The number of carboxylic acid groups (broad SMARTS) is 1. The lowest BCUT2D eigenvalue weighted by molar-refractivity contribution is 0.0684. The number of pyridine rings is 1. The van der Waals surface area contributed by atoms with E-state index in [0.29, 0.717) is 5.69 Å². The van der Waals surface area contributed by atoms with Crippen LogP contribution in [0.1, 0.15) is 22.5 Å². The lowest BCUT2D eigenvalue weighted by atomic mass is 10.2. The molecule has 2 heterocycles. The van der Waals surface area contributed by atoms with Crippen LogP contribution in [0, 0.1) is 0 Å². The highest BCUT2D eigenvalue weighted by atomic mass is 19.3. The summed E-state index contributed by atoms with van der Waals surface area (Å²) in [6.07, 6.45) is 1.02. The van der Waals surface area contributed by atoms with Crippen LogP contribution in [0.3, 0.4) is 0 Å². The standard InChI is InChI=1S/C10H7F2N3O2/c11-9(12)8-7(10(16)17)5-15(14-8)6-2-1-3-13-4-6/h1-5,9H,(H,16,17). The highest BCUT2D eigenvalue weighted by Gasteiger charge is 2.23. The quantitative estimate of drug-likeness (QED) is 0.888. The van der Waals surface area contributed by atoms with Gasteiger partial charge in [-0.05, 0) is 12.1 Å². The fraction of sp³-hybridized carbons (Fsp3) is 0.100. The number of aromatic carboxylic acids is 1. The van der Waals surface area contributed by atoms with Crippen LogP contribution in [-0.2, 0) is 0 Å². The maximum absolute atomic E-state index is 12.6. The van der Waals surface area contributed by atoms with Gasteiger partial charge in [0.15, 0.2) is 0 Å². The fourth-order valence-electron chi connectivity index (χ4n) is 1.33. The Labute approximate surface area is 94.3 Å². The summed E-state index contributed by atoms with van der Waals surface area (Å²) >= 11 is 0. The summed E-state index contributed by atoms with van der Waals surface area (Å²) in [5.74, 6) is -1.43. The molecule has 88 valence electrons. The third-order valence-electron chi connectivity index (χ3n) is 2.09. The first-order chi connectivity index (χ1) is 8.09. The maximum Gasteiger partial charge on any atom is 0.339 e. The van der Waals surface area contributed by atoms with Gasteiger partial charge in [0.2, 0.25) is 0 Å². The third kappa shape index (κ3) is 2.12. The zero-order valence-electron chi connectivity index (χ0n) is 8.42. The summed E-state index contributed by atoms with van der Waals surface area (Å²) in [5.41, 5.74) is -0.841. The van der Waals surface area contributed by atoms with Gasteiger partial charge in [-0.25, -0.2) is 18.3 Å². The zero-order valence-corrected chi connectivity index (χ0v) is 8.42. The number of carbonyl (C=O) groups is 1. The Morgan fingerprint density at radius 2 is 2.24 bits per heavy atom. The van der Waals surface area contributed by atoms with Crippen molar-refractivity contribution in [1.82, 2.24) is 14.8 Å². The van der Waals surface area contributed by atoms with E-state index in [2.05, 4.69) is 10.1 Å². The molecule has 2 aromatic heterocycles. The van der Waals surface area contributed by atoms with Gasteiger partial charge in [0.05, 0.1) is 11.9 Å². The number of hydrogen-bond acceptors (Lipinski definition) is 3. The summed E-state index contributed by atoms with van der Waals surface area (Å²) in [4.78, 5) is 14.6. The first-order valence-corrected chi connectivity index (χ1v) is 4.61. The molecule has 0 saturated heterocycles. The summed E-state index contributed by atoms with van der Waals surface area (Å²) < 4.78 is 26.2. The number of nitrogens with zero attached hydrogens (tertiary/aromatic N) is 3. The van der Waals surface area contributed by atoms with Crippen molar-refractivity contribution < 1.29 is 18.7 Å². The molecule has 0 fully saturated rings. The van der Waals surface area contributed by atoms with Crippen LogP contribution in [0.2, 0.25) is 0 Å². The largest absolute Gasteiger partial charge is 0.478 e. The van der Waals surface area contributed by atoms with Gasteiger partial charge >= 0.3 is 5.97 Å². The molecule has 0 spiro atoms. The topological polar surface area (TPSA) is 68.0 Å². The van der Waals surface area contributed by atoms with Gasteiger partial charge in [0, 0.05) is 12.4 Å². The molecular formula is C10H7F2N3O2. The monoisotopic (exact) mass is 239 g/mol. The zero-order chi connectivity index (χ0) is 12.4. The molecule has 0 bridgehead atoms. The number of rotatable bonds is 3. The van der Waals surface area contributed by atoms with Gasteiger partial charge in [0.25, 0.3) is 6.43 Å². The Hall–Kier alpha value is -2.31. The SMILES string of the molecule is O=C(O)c1cn(-c2cccnc2)nc1C(F)F. The third-order valence-corrected chi connectivity index (χ3v) is 2.09. The minimum atomic E-state index is -2.93. The Kier molecular flexibility index (Phi) is 2.82. The molecule has 2 rings (SSSR count). The minimum Gasteiger partial charge on any atom is -0.478 e. The molecule has 0 radical (unpaired) electrons. The van der Waals surface area contributed by atoms with E-state index in [0.717, 1.165) is 10.9 Å². The molecular weight excluding hydrogens is 232 g/mol. The first-order valence-electron chi connectivity index (χ1n) is 4.61. The van der Waals surface area contributed by atoms with Crippen LogP contribution in [-0.4, -0.2) is 25.8 Å². The van der Waals surface area contributed by atoms with E-state index in [1.54, 1.807) is 12.1 Å². The average molecular weight is 239 g/mol. The van der Waals surface area contributed by atoms with E-state index >= 15 is 0 Å². The second kappa shape index (κ2) is 4.28. The van der Waals surface area contributed by atoms with Crippen molar-refractivity contribution in [1.29, 1.82) is 0 Å². The number of alkyl halides is 2. The number of hydrogen-bond donors (Lipinski definition) is 1. The van der Waals surface area contributed by atoms with Crippen LogP contribution < -0.4 is 0 Å². The van der Waals surface area contributed by atoms with Crippen molar-refractivity contribution in [3.63, 3.8) is 0 Å². The van der Waals surface area contributed by atoms with Gasteiger partial charge < -0.3 is 5.11 Å². The summed E-state index contributed by atoms with van der Waals surface area (Å²) in [5, 5.41) is 12.3. The second-order valence-electron chi connectivity index (χ2n) is 3.19. The van der Waals surface area contributed by atoms with Crippen molar-refractivity contribution in [2.75, 3.05) is 0 Å². The van der Waals surface area contributed by atoms with Crippen molar-refractivity contribution in [2.45, 2.75) is 6.43 Å². The number of aromatic nitrogens is 3. The average Bonchev–Trinajstić information content (AvgIpc) is 2.75. The predicted molar refractivity (Wildman–Crippen MR) is 53.3 cm³/mol. The van der Waals surface area contributed by atoms with Crippen molar-refractivity contribution >= 4 is 5.97 Å². The van der Waals surface area contributed by atoms with Crippen molar-refractivity contribution in [3.8, 4) is 5.69 Å². The van der Waals surface area contributed by atoms with Crippen molar-refractivity contribution in [3.05, 3.63) is 42.0 Å². The molecule has 0 amide bonds. The Morgan fingerprint density at radius 3 is 2.71 bits per heavy atom. The summed E-state index contributed by atoms with van der Waals surface area (Å²) in [6, 6.07) is 3.18. The molecule has 0 unspecified atom stereocenters. The lowest BCUT2D eigenvalue weighted by Gasteiger charge is -1.98. The van der Waals surface area contributed by atoms with Gasteiger partial charge in [-0.1, -0.05) is 0 Å². The summed E-state index contributed by atoms with van der Waals surface area (Å²) in [6.45, 7) is 0. The van der Waals surface area contributed by atoms with Crippen LogP contribution >= 0.6 is 0 Å². The van der Waals surface area contributed by atoms with E-state index in [1.807, 2.05) is 0 Å². The lowest BCUT2D eigenvalue weighted by Crippen LogP contribution is -2.00. The predicted octanol–water partition coefficient (Wildman–Crippen LogP) is 1.90. The number of carboxylic acids is 1. The van der Waals surface area contributed by atoms with Gasteiger partial charge in [-0.15, -0.1) is 0 Å². The minimum absolute atomic E-state index is 0.418. The molecule has 0 atom stereocenters. The molecule has 0 aliphatic carbocycles. The highest BCUT2D eigenvalue weighted by molar-refractivity contribution is 5.88. The van der Waals surface area contributed by atoms with Crippen LogP contribution in [0.15, 0.2) is 30.7 Å². The Bertz CT molecular complexity index is 540. The van der Waals surface area contributed by atoms with E-state index in [9.17, 15) is 13.6 Å². The smallest absolute Gasteiger partial charge is 0.339 e. The van der Waals surface area contributed by atoms with E-state index in [4.69, 9.17) is 5.11 Å². The van der Waals surface area contributed by atoms with E-state index < -0.39 is 23.7 Å². The Morgan fingerprint density at radius 1 is 1.47 bits per heavy atom. The fourth-order valence-corrected chi connectivity index (χ4v) is 1.33. The maximum atomic E-state index is 12.6. The molecule has 7 heteroatoms. The van der Waals surface area contributed by atoms with Gasteiger partial charge in [-0.3, -0.25) is 4.98 Å². The van der Waals surface area contributed by atoms with Gasteiger partial charge in [-0.2, -0.15) is 5.10 Å².